The van der Waals surface area contributed by atoms with Gasteiger partial charge in [-0.3, -0.25) is 0 Å². The molecule has 0 unspecified atom stereocenters. The van der Waals surface area contributed by atoms with Gasteiger partial charge >= 0.3 is 0 Å². The van der Waals surface area contributed by atoms with Gasteiger partial charge in [-0.05, 0) is 60.0 Å². The predicted molar refractivity (Wildman–Crippen MR) is 207 cm³/mol. The molecule has 11 aromatic rings. The van der Waals surface area contributed by atoms with Gasteiger partial charge in [-0.15, -0.1) is 0 Å². The molecule has 0 saturated carbocycles. The maximum Gasteiger partial charge on any atom is 0.0789 e. The minimum atomic E-state index is 1.15. The van der Waals surface area contributed by atoms with Crippen molar-refractivity contribution in [3.63, 3.8) is 0 Å². The molecule has 3 heterocycles. The highest BCUT2D eigenvalue weighted by Crippen LogP contribution is 2.44. The molecular weight excluding hydrogens is 595 g/mol. The first-order valence-electron chi connectivity index (χ1n) is 16.9. The number of fused-ring (bicyclic) bond motifs is 12. The summed E-state index contributed by atoms with van der Waals surface area (Å²) in [5, 5.41) is 10.0. The van der Waals surface area contributed by atoms with Crippen LogP contribution in [0.2, 0.25) is 0 Å². The van der Waals surface area contributed by atoms with Crippen molar-refractivity contribution in [1.82, 2.24) is 13.7 Å². The van der Waals surface area contributed by atoms with Gasteiger partial charge in [0.2, 0.25) is 0 Å². The Hall–Kier alpha value is -6.58. The van der Waals surface area contributed by atoms with Gasteiger partial charge in [0.25, 0.3) is 0 Å². The minimum Gasteiger partial charge on any atom is -0.309 e. The molecule has 3 nitrogen and oxygen atoms in total. The Kier molecular flexibility index (Phi) is 5.38. The zero-order valence-corrected chi connectivity index (χ0v) is 26.6. The van der Waals surface area contributed by atoms with Gasteiger partial charge in [0.15, 0.2) is 0 Å². The number of aromatic nitrogens is 3. The Morgan fingerprint density at radius 2 is 0.735 bits per heavy atom. The molecule has 0 saturated heterocycles. The van der Waals surface area contributed by atoms with E-state index in [-0.39, 0.29) is 0 Å². The fourth-order valence-corrected chi connectivity index (χ4v) is 8.37. The Bertz CT molecular complexity index is 3090. The number of hydrogen-bond acceptors (Lipinski definition) is 0. The highest BCUT2D eigenvalue weighted by molar-refractivity contribution is 6.27. The van der Waals surface area contributed by atoms with Crippen LogP contribution in [0.5, 0.6) is 0 Å². The van der Waals surface area contributed by atoms with Crippen LogP contribution in [0.3, 0.4) is 0 Å². The first kappa shape index (κ1) is 26.5. The summed E-state index contributed by atoms with van der Waals surface area (Å²) in [5.41, 5.74) is 10.8. The van der Waals surface area contributed by atoms with Crippen molar-refractivity contribution in [2.45, 2.75) is 0 Å². The molecule has 0 aliphatic heterocycles. The first-order chi connectivity index (χ1) is 24.3. The fourth-order valence-electron chi connectivity index (χ4n) is 8.37. The second kappa shape index (κ2) is 9.96. The third-order valence-corrected chi connectivity index (χ3v) is 10.4. The molecule has 11 rings (SSSR count). The van der Waals surface area contributed by atoms with Crippen LogP contribution in [-0.2, 0) is 0 Å². The van der Waals surface area contributed by atoms with Crippen LogP contribution in [0.15, 0.2) is 176 Å². The SMILES string of the molecule is c1ccc(-n2c3ccccc3c3cc(-n4c5ccccc5c5ccc6c7ccc8ccccc8c7n(-c7ccccc7)c6c54)ccc32)cc1. The molecule has 0 fully saturated rings. The number of benzene rings is 8. The summed E-state index contributed by atoms with van der Waals surface area (Å²) in [4.78, 5) is 0. The summed E-state index contributed by atoms with van der Waals surface area (Å²) in [7, 11) is 0. The normalized spacial score (nSPS) is 12.1. The molecule has 0 aliphatic carbocycles. The molecule has 0 spiro atoms. The zero-order chi connectivity index (χ0) is 32.1. The largest absolute Gasteiger partial charge is 0.309 e. The lowest BCUT2D eigenvalue weighted by molar-refractivity contribution is 1.15. The second-order valence-corrected chi connectivity index (χ2v) is 13.0. The molecule has 0 atom stereocenters. The molecule has 228 valence electrons. The lowest BCUT2D eigenvalue weighted by Crippen LogP contribution is -1.99. The average molecular weight is 624 g/mol. The quantitative estimate of drug-likeness (QED) is 0.186. The van der Waals surface area contributed by atoms with Crippen LogP contribution in [0.25, 0.3) is 93.3 Å². The van der Waals surface area contributed by atoms with E-state index in [0.29, 0.717) is 0 Å². The summed E-state index contributed by atoms with van der Waals surface area (Å²) in [6.07, 6.45) is 0. The molecule has 3 heteroatoms. The van der Waals surface area contributed by atoms with E-state index in [2.05, 4.69) is 190 Å². The molecule has 0 aliphatic rings. The number of para-hydroxylation sites is 4. The van der Waals surface area contributed by atoms with E-state index in [0.717, 1.165) is 11.4 Å². The molecular formula is C46H29N3. The van der Waals surface area contributed by atoms with Crippen molar-refractivity contribution in [2.75, 3.05) is 0 Å². The van der Waals surface area contributed by atoms with Gasteiger partial charge in [0.05, 0.1) is 33.1 Å². The van der Waals surface area contributed by atoms with Crippen LogP contribution in [-0.4, -0.2) is 13.7 Å². The summed E-state index contributed by atoms with van der Waals surface area (Å²) in [6.45, 7) is 0. The molecule has 49 heavy (non-hydrogen) atoms. The van der Waals surface area contributed by atoms with Crippen LogP contribution in [0.4, 0.5) is 0 Å². The van der Waals surface area contributed by atoms with Crippen molar-refractivity contribution in [2.24, 2.45) is 0 Å². The third-order valence-electron chi connectivity index (χ3n) is 10.4. The summed E-state index contributed by atoms with van der Waals surface area (Å²) >= 11 is 0. The maximum atomic E-state index is 2.50. The van der Waals surface area contributed by atoms with E-state index in [1.165, 1.54) is 81.9 Å². The highest BCUT2D eigenvalue weighted by atomic mass is 15.0. The van der Waals surface area contributed by atoms with E-state index in [4.69, 9.17) is 0 Å². The van der Waals surface area contributed by atoms with Crippen LogP contribution >= 0.6 is 0 Å². The van der Waals surface area contributed by atoms with Crippen molar-refractivity contribution in [3.8, 4) is 17.1 Å². The lowest BCUT2D eigenvalue weighted by Gasteiger charge is -2.14. The zero-order valence-electron chi connectivity index (χ0n) is 26.6. The van der Waals surface area contributed by atoms with Crippen molar-refractivity contribution < 1.29 is 0 Å². The molecule has 0 amide bonds. The second-order valence-electron chi connectivity index (χ2n) is 13.0. The van der Waals surface area contributed by atoms with Gasteiger partial charge in [0, 0.05) is 54.8 Å². The number of nitrogens with zero attached hydrogens (tertiary/aromatic N) is 3. The Morgan fingerprint density at radius 3 is 1.47 bits per heavy atom. The average Bonchev–Trinajstić information content (AvgIpc) is 3.81. The van der Waals surface area contributed by atoms with E-state index < -0.39 is 0 Å². The number of hydrogen-bond donors (Lipinski definition) is 0. The van der Waals surface area contributed by atoms with Crippen LogP contribution < -0.4 is 0 Å². The van der Waals surface area contributed by atoms with Gasteiger partial charge in [-0.1, -0.05) is 121 Å². The standard InChI is InChI=1S/C46H29N3/c1-3-14-31(15-4-1)47-41-21-11-10-20-36(41)40-29-33(24-28-43(40)47)48-42-22-12-9-19-35(42)37-26-27-39-38-25-23-30-13-7-8-18-34(30)44(38)49(46(39)45(37)48)32-16-5-2-6-17-32/h1-29H. The van der Waals surface area contributed by atoms with Crippen molar-refractivity contribution >= 4 is 76.2 Å². The smallest absolute Gasteiger partial charge is 0.0789 e. The Labute approximate surface area is 282 Å². The van der Waals surface area contributed by atoms with E-state index in [1.807, 2.05) is 0 Å². The third kappa shape index (κ3) is 3.62. The van der Waals surface area contributed by atoms with Gasteiger partial charge in [-0.25, -0.2) is 0 Å². The van der Waals surface area contributed by atoms with Crippen molar-refractivity contribution in [3.05, 3.63) is 176 Å². The summed E-state index contributed by atoms with van der Waals surface area (Å²) in [6, 6.07) is 64.2. The van der Waals surface area contributed by atoms with Crippen molar-refractivity contribution in [1.29, 1.82) is 0 Å². The maximum absolute atomic E-state index is 2.50. The van der Waals surface area contributed by atoms with Crippen LogP contribution in [0.1, 0.15) is 0 Å². The fraction of sp³-hybridized carbons (Fsp3) is 0. The van der Waals surface area contributed by atoms with Gasteiger partial charge < -0.3 is 13.7 Å². The topological polar surface area (TPSA) is 14.8 Å². The van der Waals surface area contributed by atoms with Gasteiger partial charge in [0.1, 0.15) is 0 Å². The molecule has 0 bridgehead atoms. The van der Waals surface area contributed by atoms with E-state index in [1.54, 1.807) is 0 Å². The lowest BCUT2D eigenvalue weighted by atomic mass is 10.0. The summed E-state index contributed by atoms with van der Waals surface area (Å²) in [5.74, 6) is 0. The molecule has 3 aromatic heterocycles. The molecule has 0 radical (unpaired) electrons. The minimum absolute atomic E-state index is 1.15. The van der Waals surface area contributed by atoms with Crippen LogP contribution in [0, 0.1) is 0 Å². The summed E-state index contributed by atoms with van der Waals surface area (Å²) < 4.78 is 7.39. The first-order valence-corrected chi connectivity index (χ1v) is 16.9. The molecule has 0 N–H and O–H groups in total. The highest BCUT2D eigenvalue weighted by Gasteiger charge is 2.23. The van der Waals surface area contributed by atoms with E-state index in [9.17, 15) is 0 Å². The Balaban J connectivity index is 1.33. The predicted octanol–water partition coefficient (Wildman–Crippen LogP) is 12.1. The number of rotatable bonds is 3. The Morgan fingerprint density at radius 1 is 0.245 bits per heavy atom. The monoisotopic (exact) mass is 623 g/mol. The van der Waals surface area contributed by atoms with Gasteiger partial charge in [-0.2, -0.15) is 0 Å². The van der Waals surface area contributed by atoms with E-state index >= 15 is 0 Å². The molecule has 8 aromatic carbocycles.